The number of hydrogen-bond acceptors (Lipinski definition) is 0. The van der Waals surface area contributed by atoms with Crippen molar-refractivity contribution in [1.82, 2.24) is 4.57 Å². The lowest BCUT2D eigenvalue weighted by Crippen LogP contribution is -2.32. The van der Waals surface area contributed by atoms with Crippen LogP contribution in [0.25, 0.3) is 0 Å². The molecule has 1 rings (SSSR count). The molecule has 0 bridgehead atoms. The fourth-order valence-corrected chi connectivity index (χ4v) is 5.68. The lowest BCUT2D eigenvalue weighted by atomic mass is 10.0. The summed E-state index contributed by atoms with van der Waals surface area (Å²) in [6.07, 6.45) is 43.2. The maximum Gasteiger partial charge on any atom is 0.256 e. The van der Waals surface area contributed by atoms with Crippen molar-refractivity contribution >= 4 is 0 Å². The minimum atomic E-state index is 1.21. The predicted molar refractivity (Wildman–Crippen MR) is 161 cm³/mol. The summed E-state index contributed by atoms with van der Waals surface area (Å²) in [7, 11) is 2.23. The number of unbranched alkanes of at least 4 members (excludes halogenated alkanes) is 24. The van der Waals surface area contributed by atoms with Gasteiger partial charge in [-0.3, -0.25) is 0 Å². The third-order valence-electron chi connectivity index (χ3n) is 8.22. The predicted octanol–water partition coefficient (Wildman–Crippen LogP) is 11.0. The van der Waals surface area contributed by atoms with Gasteiger partial charge in [-0.15, -0.1) is 0 Å². The minimum Gasteiger partial charge on any atom is -0.237 e. The third kappa shape index (κ3) is 19.3. The maximum absolute atomic E-state index is 2.54. The number of nitrogens with zero attached hydrogens (tertiary/aromatic N) is 2. The van der Waals surface area contributed by atoms with Crippen LogP contribution in [-0.4, -0.2) is 4.57 Å². The molecule has 1 heterocycles. The van der Waals surface area contributed by atoms with E-state index in [1.165, 1.54) is 186 Å². The lowest BCUT2D eigenvalue weighted by molar-refractivity contribution is -0.678. The maximum atomic E-state index is 2.54. The highest BCUT2D eigenvalue weighted by atomic mass is 15.1. The summed E-state index contributed by atoms with van der Waals surface area (Å²) in [6.45, 7) is 5.82. The molecule has 1 aromatic heterocycles. The summed E-state index contributed by atoms with van der Waals surface area (Å²) in [5.74, 6) is 1.54. The molecule has 0 saturated carbocycles. The molecular formula is C34H67N2+. The zero-order valence-electron chi connectivity index (χ0n) is 25.3. The van der Waals surface area contributed by atoms with Crippen LogP contribution in [0.2, 0.25) is 0 Å². The Hall–Kier alpha value is -0.790. The van der Waals surface area contributed by atoms with Crippen molar-refractivity contribution in [1.29, 1.82) is 0 Å². The molecule has 0 aromatic carbocycles. The highest BCUT2D eigenvalue weighted by Crippen LogP contribution is 2.15. The molecule has 0 radical (unpaired) electrons. The van der Waals surface area contributed by atoms with Crippen molar-refractivity contribution in [3.63, 3.8) is 0 Å². The highest BCUT2D eigenvalue weighted by molar-refractivity contribution is 4.84. The standard InChI is InChI=1S/C34H67N2/c1-4-6-8-10-12-14-16-17-18-19-20-21-22-24-26-28-30-34-35(3)32-33-36(34)31-29-27-25-23-15-13-11-9-7-5-2/h32-33H,4-31H2,1-3H3/q+1. The first-order valence-corrected chi connectivity index (χ1v) is 16.8. The van der Waals surface area contributed by atoms with Gasteiger partial charge in [0.05, 0.1) is 13.6 Å². The van der Waals surface area contributed by atoms with Gasteiger partial charge >= 0.3 is 0 Å². The molecule has 0 amide bonds. The SMILES string of the molecule is CCCCCCCCCCCCCCCCCCc1n(CCCCCCCCCCCC)cc[n+]1C. The zero-order valence-corrected chi connectivity index (χ0v) is 25.3. The molecule has 0 aliphatic carbocycles. The molecule has 0 aliphatic heterocycles. The van der Waals surface area contributed by atoms with E-state index in [-0.39, 0.29) is 0 Å². The van der Waals surface area contributed by atoms with E-state index in [1.54, 1.807) is 0 Å². The second kappa shape index (κ2) is 25.8. The molecule has 2 nitrogen and oxygen atoms in total. The molecule has 0 saturated heterocycles. The van der Waals surface area contributed by atoms with Crippen molar-refractivity contribution < 1.29 is 4.57 Å². The van der Waals surface area contributed by atoms with Crippen LogP contribution in [0.4, 0.5) is 0 Å². The molecule has 0 aliphatic rings. The van der Waals surface area contributed by atoms with Gasteiger partial charge in [0.15, 0.2) is 0 Å². The Labute approximate surface area is 228 Å². The smallest absolute Gasteiger partial charge is 0.237 e. The number of hydrogen-bond donors (Lipinski definition) is 0. The van der Waals surface area contributed by atoms with E-state index < -0.39 is 0 Å². The van der Waals surface area contributed by atoms with E-state index in [0.29, 0.717) is 0 Å². The van der Waals surface area contributed by atoms with Gasteiger partial charge < -0.3 is 0 Å². The third-order valence-corrected chi connectivity index (χ3v) is 8.22. The van der Waals surface area contributed by atoms with Crippen LogP contribution in [0, 0.1) is 0 Å². The van der Waals surface area contributed by atoms with Crippen LogP contribution < -0.4 is 4.57 Å². The number of aromatic nitrogens is 2. The molecule has 0 fully saturated rings. The fraction of sp³-hybridized carbons (Fsp3) is 0.912. The Balaban J connectivity index is 1.92. The molecule has 212 valence electrons. The van der Waals surface area contributed by atoms with Crippen LogP contribution in [0.1, 0.15) is 187 Å². The van der Waals surface area contributed by atoms with Crippen molar-refractivity contribution in [2.45, 2.75) is 194 Å². The van der Waals surface area contributed by atoms with Crippen LogP contribution in [-0.2, 0) is 20.0 Å². The summed E-state index contributed by atoms with van der Waals surface area (Å²) in [5.41, 5.74) is 0. The van der Waals surface area contributed by atoms with E-state index >= 15 is 0 Å². The van der Waals surface area contributed by atoms with Crippen LogP contribution in [0.5, 0.6) is 0 Å². The summed E-state index contributed by atoms with van der Waals surface area (Å²) in [4.78, 5) is 0. The Morgan fingerprint density at radius 3 is 1.19 bits per heavy atom. The van der Waals surface area contributed by atoms with Gasteiger partial charge in [0.2, 0.25) is 0 Å². The highest BCUT2D eigenvalue weighted by Gasteiger charge is 2.13. The lowest BCUT2D eigenvalue weighted by Gasteiger charge is -2.05. The fourth-order valence-electron chi connectivity index (χ4n) is 5.68. The second-order valence-electron chi connectivity index (χ2n) is 11.8. The summed E-state index contributed by atoms with van der Waals surface area (Å²) in [6, 6.07) is 0. The number of imidazole rings is 1. The summed E-state index contributed by atoms with van der Waals surface area (Å²) in [5, 5.41) is 0. The average Bonchev–Trinajstić information content (AvgIpc) is 3.23. The van der Waals surface area contributed by atoms with Crippen molar-refractivity contribution in [3.8, 4) is 0 Å². The number of aryl methyl sites for hydroxylation is 2. The Bertz CT molecular complexity index is 562. The Morgan fingerprint density at radius 1 is 0.472 bits per heavy atom. The monoisotopic (exact) mass is 504 g/mol. The van der Waals surface area contributed by atoms with Crippen LogP contribution >= 0.6 is 0 Å². The Kier molecular flexibility index (Phi) is 23.9. The molecule has 0 spiro atoms. The largest absolute Gasteiger partial charge is 0.256 e. The minimum absolute atomic E-state index is 1.21. The van der Waals surface area contributed by atoms with E-state index in [1.807, 2.05) is 0 Å². The number of rotatable bonds is 28. The first kappa shape index (κ1) is 33.2. The zero-order chi connectivity index (χ0) is 25.9. The quantitative estimate of drug-likeness (QED) is 0.0794. The molecule has 0 N–H and O–H groups in total. The normalized spacial score (nSPS) is 11.5. The van der Waals surface area contributed by atoms with E-state index in [9.17, 15) is 0 Å². The van der Waals surface area contributed by atoms with Gasteiger partial charge in [-0.25, -0.2) is 9.13 Å². The first-order valence-electron chi connectivity index (χ1n) is 16.8. The average molecular weight is 504 g/mol. The Morgan fingerprint density at radius 2 is 0.806 bits per heavy atom. The molecule has 1 aromatic rings. The van der Waals surface area contributed by atoms with Gasteiger partial charge in [0, 0.05) is 6.42 Å². The van der Waals surface area contributed by atoms with E-state index in [0.717, 1.165) is 0 Å². The molecular weight excluding hydrogens is 436 g/mol. The van der Waals surface area contributed by atoms with E-state index in [2.05, 4.69) is 42.4 Å². The topological polar surface area (TPSA) is 8.81 Å². The molecule has 0 unspecified atom stereocenters. The van der Waals surface area contributed by atoms with Crippen molar-refractivity contribution in [2.24, 2.45) is 7.05 Å². The van der Waals surface area contributed by atoms with Crippen LogP contribution in [0.3, 0.4) is 0 Å². The summed E-state index contributed by atoms with van der Waals surface area (Å²) < 4.78 is 4.90. The van der Waals surface area contributed by atoms with Crippen molar-refractivity contribution in [3.05, 3.63) is 18.2 Å². The first-order chi connectivity index (χ1) is 17.8. The van der Waals surface area contributed by atoms with Gasteiger partial charge in [0.25, 0.3) is 5.82 Å². The molecule has 2 heteroatoms. The van der Waals surface area contributed by atoms with Crippen molar-refractivity contribution in [2.75, 3.05) is 0 Å². The van der Waals surface area contributed by atoms with Gasteiger partial charge in [-0.2, -0.15) is 0 Å². The van der Waals surface area contributed by atoms with Crippen LogP contribution in [0.15, 0.2) is 12.4 Å². The second-order valence-corrected chi connectivity index (χ2v) is 11.8. The van der Waals surface area contributed by atoms with E-state index in [4.69, 9.17) is 0 Å². The van der Waals surface area contributed by atoms with Gasteiger partial charge in [-0.05, 0) is 19.3 Å². The van der Waals surface area contributed by atoms with Gasteiger partial charge in [-0.1, -0.05) is 162 Å². The molecule has 0 atom stereocenters. The summed E-state index contributed by atoms with van der Waals surface area (Å²) >= 11 is 0. The molecule has 36 heavy (non-hydrogen) atoms. The van der Waals surface area contributed by atoms with Gasteiger partial charge in [0.1, 0.15) is 12.4 Å².